The number of rotatable bonds is 11. The molecule has 0 unspecified atom stereocenters. The van der Waals surface area contributed by atoms with Crippen LogP contribution in [0.5, 0.6) is 0 Å². The topological polar surface area (TPSA) is 79.2 Å². The van der Waals surface area contributed by atoms with Gasteiger partial charge in [0.05, 0.1) is 13.2 Å². The van der Waals surface area contributed by atoms with Crippen LogP contribution in [-0.4, -0.2) is 59.6 Å². The third kappa shape index (κ3) is 6.89. The molecule has 1 fully saturated rings. The van der Waals surface area contributed by atoms with E-state index in [4.69, 9.17) is 14.6 Å². The summed E-state index contributed by atoms with van der Waals surface area (Å²) >= 11 is 0. The van der Waals surface area contributed by atoms with E-state index in [0.29, 0.717) is 6.61 Å². The van der Waals surface area contributed by atoms with Crippen molar-refractivity contribution in [2.75, 3.05) is 19.8 Å². The largest absolute Gasteiger partial charge is 0.394 e. The van der Waals surface area contributed by atoms with Gasteiger partial charge in [-0.05, 0) is 25.7 Å². The fourth-order valence-corrected chi connectivity index (χ4v) is 2.44. The van der Waals surface area contributed by atoms with Crippen LogP contribution in [0, 0.1) is 0 Å². The molecule has 4 atom stereocenters. The van der Waals surface area contributed by atoms with Crippen LogP contribution in [0.25, 0.3) is 0 Å². The molecule has 1 aliphatic rings. The summed E-state index contributed by atoms with van der Waals surface area (Å²) in [6.45, 7) is 2.59. The molecule has 5 heteroatoms. The first kappa shape index (κ1) is 18.6. The monoisotopic (exact) mass is 302 g/mol. The maximum Gasteiger partial charge on any atom is 0.114 e. The van der Waals surface area contributed by atoms with Gasteiger partial charge < -0.3 is 24.8 Å². The average molecular weight is 302 g/mol. The third-order valence-corrected chi connectivity index (χ3v) is 3.74. The van der Waals surface area contributed by atoms with Crippen LogP contribution < -0.4 is 0 Å². The lowest BCUT2D eigenvalue weighted by molar-refractivity contribution is -0.0730. The predicted molar refractivity (Wildman–Crippen MR) is 81.1 cm³/mol. The Morgan fingerprint density at radius 3 is 2.71 bits per heavy atom. The SMILES string of the molecule is CC/C=C/CCCCCCO[C@@H]1CO[C@@H]([C@@H](O)CO)[C@H]1O. The molecule has 1 rings (SSSR count). The van der Waals surface area contributed by atoms with E-state index < -0.39 is 31.0 Å². The lowest BCUT2D eigenvalue weighted by Gasteiger charge is -2.20. The molecule has 124 valence electrons. The molecule has 1 heterocycles. The standard InChI is InChI=1S/C16H30O5/c1-2-3-4-5-6-7-8-9-10-20-14-12-21-16(15(14)19)13(18)11-17/h3-4,13-19H,2,5-12H2,1H3/b4-3+/t13-,14+,15-,16-/m0/s1. The van der Waals surface area contributed by atoms with Gasteiger partial charge >= 0.3 is 0 Å². The highest BCUT2D eigenvalue weighted by molar-refractivity contribution is 4.88. The molecule has 5 nitrogen and oxygen atoms in total. The first-order chi connectivity index (χ1) is 10.2. The molecular formula is C16H30O5. The van der Waals surface area contributed by atoms with Gasteiger partial charge in [-0.25, -0.2) is 0 Å². The number of aliphatic hydroxyl groups is 3. The Labute approximate surface area is 127 Å². The number of aliphatic hydroxyl groups excluding tert-OH is 3. The zero-order chi connectivity index (χ0) is 15.5. The van der Waals surface area contributed by atoms with E-state index in [1.54, 1.807) is 0 Å². The number of hydrogen-bond donors (Lipinski definition) is 3. The minimum Gasteiger partial charge on any atom is -0.394 e. The van der Waals surface area contributed by atoms with Gasteiger partial charge in [0.25, 0.3) is 0 Å². The van der Waals surface area contributed by atoms with Crippen molar-refractivity contribution >= 4 is 0 Å². The van der Waals surface area contributed by atoms with Crippen LogP contribution in [0.15, 0.2) is 12.2 Å². The van der Waals surface area contributed by atoms with E-state index in [-0.39, 0.29) is 6.61 Å². The fraction of sp³-hybridized carbons (Fsp3) is 0.875. The zero-order valence-corrected chi connectivity index (χ0v) is 13.0. The van der Waals surface area contributed by atoms with E-state index in [9.17, 15) is 10.2 Å². The second kappa shape index (κ2) is 11.2. The molecular weight excluding hydrogens is 272 g/mol. The number of ether oxygens (including phenoxy) is 2. The van der Waals surface area contributed by atoms with Crippen molar-refractivity contribution in [2.45, 2.75) is 69.9 Å². The minimum atomic E-state index is -1.05. The quantitative estimate of drug-likeness (QED) is 0.397. The highest BCUT2D eigenvalue weighted by Crippen LogP contribution is 2.20. The second-order valence-corrected chi connectivity index (χ2v) is 5.53. The Bertz CT molecular complexity index is 282. The summed E-state index contributed by atoms with van der Waals surface area (Å²) in [6.07, 6.45) is 8.09. The molecule has 0 amide bonds. The third-order valence-electron chi connectivity index (χ3n) is 3.74. The molecule has 0 aromatic carbocycles. The van der Waals surface area contributed by atoms with Crippen molar-refractivity contribution in [1.82, 2.24) is 0 Å². The van der Waals surface area contributed by atoms with Crippen molar-refractivity contribution in [3.05, 3.63) is 12.2 Å². The minimum absolute atomic E-state index is 0.269. The van der Waals surface area contributed by atoms with Crippen molar-refractivity contribution in [1.29, 1.82) is 0 Å². The first-order valence-electron chi connectivity index (χ1n) is 8.05. The molecule has 21 heavy (non-hydrogen) atoms. The van der Waals surface area contributed by atoms with Crippen LogP contribution in [-0.2, 0) is 9.47 Å². The molecule has 0 saturated carbocycles. The lowest BCUT2D eigenvalue weighted by atomic mass is 10.1. The number of hydrogen-bond acceptors (Lipinski definition) is 5. The molecule has 1 saturated heterocycles. The molecule has 0 aromatic heterocycles. The summed E-state index contributed by atoms with van der Waals surface area (Å²) in [7, 11) is 0. The fourth-order valence-electron chi connectivity index (χ4n) is 2.44. The van der Waals surface area contributed by atoms with Crippen molar-refractivity contribution in [3.63, 3.8) is 0 Å². The molecule has 0 bridgehead atoms. The van der Waals surface area contributed by atoms with Gasteiger partial charge in [0.15, 0.2) is 0 Å². The molecule has 0 radical (unpaired) electrons. The average Bonchev–Trinajstić information content (AvgIpc) is 2.86. The Morgan fingerprint density at radius 1 is 1.24 bits per heavy atom. The summed E-state index contributed by atoms with van der Waals surface area (Å²) in [5.41, 5.74) is 0. The molecule has 1 aliphatic heterocycles. The molecule has 0 spiro atoms. The van der Waals surface area contributed by atoms with Crippen LogP contribution >= 0.6 is 0 Å². The van der Waals surface area contributed by atoms with Gasteiger partial charge in [-0.1, -0.05) is 31.9 Å². The summed E-state index contributed by atoms with van der Waals surface area (Å²) in [5, 5.41) is 28.3. The smallest absolute Gasteiger partial charge is 0.114 e. The maximum absolute atomic E-state index is 9.94. The van der Waals surface area contributed by atoms with Crippen molar-refractivity contribution < 1.29 is 24.8 Å². The summed E-state index contributed by atoms with van der Waals surface area (Å²) in [5.74, 6) is 0. The van der Waals surface area contributed by atoms with Crippen LogP contribution in [0.2, 0.25) is 0 Å². The Kier molecular flexibility index (Phi) is 9.87. The normalized spacial score (nSPS) is 27.5. The Balaban J connectivity index is 2.02. The maximum atomic E-state index is 9.94. The van der Waals surface area contributed by atoms with E-state index in [1.807, 2.05) is 0 Å². The zero-order valence-electron chi connectivity index (χ0n) is 13.0. The van der Waals surface area contributed by atoms with Gasteiger partial charge in [-0.2, -0.15) is 0 Å². The Morgan fingerprint density at radius 2 is 2.00 bits per heavy atom. The van der Waals surface area contributed by atoms with Gasteiger partial charge in [0.1, 0.15) is 24.4 Å². The van der Waals surface area contributed by atoms with E-state index in [1.165, 1.54) is 12.8 Å². The van der Waals surface area contributed by atoms with Crippen LogP contribution in [0.3, 0.4) is 0 Å². The van der Waals surface area contributed by atoms with Gasteiger partial charge in [-0.3, -0.25) is 0 Å². The van der Waals surface area contributed by atoms with Gasteiger partial charge in [-0.15, -0.1) is 0 Å². The first-order valence-corrected chi connectivity index (χ1v) is 8.05. The number of unbranched alkanes of at least 4 members (excludes halogenated alkanes) is 4. The Hall–Kier alpha value is -0.460. The summed E-state index contributed by atoms with van der Waals surface area (Å²) < 4.78 is 10.9. The van der Waals surface area contributed by atoms with Crippen molar-refractivity contribution in [3.8, 4) is 0 Å². The molecule has 0 aliphatic carbocycles. The van der Waals surface area contributed by atoms with E-state index >= 15 is 0 Å². The number of allylic oxidation sites excluding steroid dienone is 2. The van der Waals surface area contributed by atoms with Gasteiger partial charge in [0.2, 0.25) is 0 Å². The predicted octanol–water partition coefficient (Wildman–Crippen LogP) is 1.40. The summed E-state index contributed by atoms with van der Waals surface area (Å²) in [4.78, 5) is 0. The molecule has 0 aromatic rings. The van der Waals surface area contributed by atoms with E-state index in [2.05, 4.69) is 19.1 Å². The van der Waals surface area contributed by atoms with E-state index in [0.717, 1.165) is 25.7 Å². The summed E-state index contributed by atoms with van der Waals surface area (Å²) in [6, 6.07) is 0. The second-order valence-electron chi connectivity index (χ2n) is 5.53. The van der Waals surface area contributed by atoms with Crippen LogP contribution in [0.4, 0.5) is 0 Å². The van der Waals surface area contributed by atoms with Crippen molar-refractivity contribution in [2.24, 2.45) is 0 Å². The van der Waals surface area contributed by atoms with Gasteiger partial charge in [0, 0.05) is 6.61 Å². The van der Waals surface area contributed by atoms with Crippen LogP contribution in [0.1, 0.15) is 45.4 Å². The highest BCUT2D eigenvalue weighted by atomic mass is 16.6. The lowest BCUT2D eigenvalue weighted by Crippen LogP contribution is -2.41. The molecule has 3 N–H and O–H groups in total. The highest BCUT2D eigenvalue weighted by Gasteiger charge is 2.40.